The molecule has 2 aromatic heterocycles. The maximum Gasteiger partial charge on any atom is 0.262 e. The van der Waals surface area contributed by atoms with Gasteiger partial charge in [0.25, 0.3) is 15.7 Å². The fourth-order valence-electron chi connectivity index (χ4n) is 3.53. The van der Waals surface area contributed by atoms with Gasteiger partial charge in [0.2, 0.25) is 0 Å². The first kappa shape index (κ1) is 30.5. The van der Waals surface area contributed by atoms with E-state index in [9.17, 15) is 26.7 Å². The van der Waals surface area contributed by atoms with E-state index in [1.54, 1.807) is 36.4 Å². The molecule has 13 nitrogen and oxygen atoms in total. The Morgan fingerprint density at radius 1 is 0.900 bits per heavy atom. The summed E-state index contributed by atoms with van der Waals surface area (Å²) < 4.78 is 65.8. The van der Waals surface area contributed by atoms with E-state index in [4.69, 9.17) is 18.8 Å². The molecule has 0 atom stereocenters. The number of benzene rings is 2. The van der Waals surface area contributed by atoms with Gasteiger partial charge in [-0.05, 0) is 24.3 Å². The van der Waals surface area contributed by atoms with Crippen LogP contribution in [0.25, 0.3) is 33.7 Å². The molecule has 3 N–H and O–H groups in total. The normalized spacial score (nSPS) is 11.4. The summed E-state index contributed by atoms with van der Waals surface area (Å²) in [7, 11) is -4.08. The van der Waals surface area contributed by atoms with Crippen LogP contribution < -0.4 is 19.8 Å². The van der Waals surface area contributed by atoms with E-state index in [0.717, 1.165) is 6.26 Å². The Balaban J connectivity index is 0.000000810. The van der Waals surface area contributed by atoms with E-state index in [-0.39, 0.29) is 29.3 Å². The minimum atomic E-state index is -3.67. The number of methoxy groups -OCH3 is 2. The van der Waals surface area contributed by atoms with Crippen molar-refractivity contribution in [3.05, 3.63) is 58.9 Å². The Morgan fingerprint density at radius 3 is 2.10 bits per heavy atom. The second-order valence-corrected chi connectivity index (χ2v) is 11.8. The van der Waals surface area contributed by atoms with Crippen molar-refractivity contribution in [3.63, 3.8) is 0 Å². The first-order chi connectivity index (χ1) is 18.7. The van der Waals surface area contributed by atoms with Gasteiger partial charge in [0.1, 0.15) is 40.6 Å². The molecule has 0 saturated heterocycles. The van der Waals surface area contributed by atoms with Gasteiger partial charge in [0.05, 0.1) is 37.5 Å². The monoisotopic (exact) mass is 593 g/mol. The summed E-state index contributed by atoms with van der Waals surface area (Å²) in [6.45, 7) is -0.155. The summed E-state index contributed by atoms with van der Waals surface area (Å²) in [5.41, 5.74) is 1.28. The molecule has 4 aromatic rings. The van der Waals surface area contributed by atoms with Gasteiger partial charge in [-0.1, -0.05) is 12.1 Å². The van der Waals surface area contributed by atoms with Gasteiger partial charge < -0.3 is 24.3 Å². The third-order valence-electron chi connectivity index (χ3n) is 5.21. The summed E-state index contributed by atoms with van der Waals surface area (Å²) in [5, 5.41) is 9.46. The van der Waals surface area contributed by atoms with Crippen LogP contribution in [0.15, 0.2) is 58.2 Å². The standard InChI is InChI=1S/C24H23N3O7S.CH4O3S/c1-32-15-12-18-21(20(13-15)33-2)24(29)27-23(26-18)17-8-9-19(34-11-10-28)22(25-17)14-4-6-16(7-5-14)35(3,30)31;1-5(2,3)4/h4-9,12-13,28H,10-11H2,1-3H3,(H,26,27,29);1H3,(H,2,3,4). The molecule has 0 saturated carbocycles. The van der Waals surface area contributed by atoms with Gasteiger partial charge in [0.15, 0.2) is 15.7 Å². The van der Waals surface area contributed by atoms with Gasteiger partial charge in [-0.25, -0.2) is 18.4 Å². The molecule has 0 radical (unpaired) electrons. The lowest BCUT2D eigenvalue weighted by Gasteiger charge is -2.13. The second-order valence-electron chi connectivity index (χ2n) is 8.28. The smallest absolute Gasteiger partial charge is 0.262 e. The number of hydrogen-bond donors (Lipinski definition) is 3. The lowest BCUT2D eigenvalue weighted by Crippen LogP contribution is -2.12. The molecule has 0 unspecified atom stereocenters. The number of aliphatic hydroxyl groups excluding tert-OH is 1. The predicted octanol–water partition coefficient (Wildman–Crippen LogP) is 1.95. The van der Waals surface area contributed by atoms with Crippen molar-refractivity contribution < 1.29 is 40.7 Å². The highest BCUT2D eigenvalue weighted by Crippen LogP contribution is 2.32. The highest BCUT2D eigenvalue weighted by molar-refractivity contribution is 7.90. The topological polar surface area (TPSA) is 195 Å². The van der Waals surface area contributed by atoms with Crippen molar-refractivity contribution >= 4 is 30.9 Å². The maximum atomic E-state index is 12.9. The molecule has 40 heavy (non-hydrogen) atoms. The number of aromatic nitrogens is 3. The fraction of sp³-hybridized carbons (Fsp3) is 0.240. The van der Waals surface area contributed by atoms with E-state index in [0.29, 0.717) is 46.0 Å². The zero-order valence-electron chi connectivity index (χ0n) is 21.9. The Bertz CT molecular complexity index is 1780. The molecule has 0 aliphatic carbocycles. The number of nitrogens with zero attached hydrogens (tertiary/aromatic N) is 2. The van der Waals surface area contributed by atoms with Gasteiger partial charge in [-0.15, -0.1) is 0 Å². The number of sulfone groups is 1. The van der Waals surface area contributed by atoms with Crippen LogP contribution in [-0.2, 0) is 20.0 Å². The number of hydrogen-bond acceptors (Lipinski definition) is 11. The van der Waals surface area contributed by atoms with Crippen molar-refractivity contribution in [2.45, 2.75) is 4.90 Å². The van der Waals surface area contributed by atoms with Crippen LogP contribution in [-0.4, -0.2) is 81.4 Å². The van der Waals surface area contributed by atoms with Crippen LogP contribution in [0.5, 0.6) is 17.2 Å². The number of aliphatic hydroxyl groups is 1. The van der Waals surface area contributed by atoms with Crippen LogP contribution in [0.3, 0.4) is 0 Å². The third-order valence-corrected chi connectivity index (χ3v) is 6.34. The summed E-state index contributed by atoms with van der Waals surface area (Å²) in [6, 6.07) is 12.7. The summed E-state index contributed by atoms with van der Waals surface area (Å²) in [6.07, 6.45) is 1.84. The third kappa shape index (κ3) is 7.75. The zero-order chi connectivity index (χ0) is 29.7. The average Bonchev–Trinajstić information content (AvgIpc) is 2.89. The number of ether oxygens (including phenoxy) is 3. The van der Waals surface area contributed by atoms with E-state index in [1.807, 2.05) is 0 Å². The molecule has 4 rings (SSSR count). The first-order valence-corrected chi connectivity index (χ1v) is 15.1. The lowest BCUT2D eigenvalue weighted by atomic mass is 10.1. The lowest BCUT2D eigenvalue weighted by molar-refractivity contribution is 0.201. The molecule has 2 aromatic carbocycles. The average molecular weight is 594 g/mol. The summed E-state index contributed by atoms with van der Waals surface area (Å²) in [4.78, 5) is 25.0. The number of fused-ring (bicyclic) bond motifs is 1. The highest BCUT2D eigenvalue weighted by Gasteiger charge is 2.17. The predicted molar refractivity (Wildman–Crippen MR) is 147 cm³/mol. The molecule has 0 aliphatic rings. The SMILES string of the molecule is COc1cc(OC)c2c(=O)[nH]c(-c3ccc(OCCO)c(-c4ccc(S(C)(=O)=O)cc4)n3)nc2c1.CS(=O)(=O)O. The number of rotatable bonds is 8. The molecule has 0 spiro atoms. The van der Waals surface area contributed by atoms with Crippen molar-refractivity contribution in [3.8, 4) is 40.0 Å². The Morgan fingerprint density at radius 2 is 1.55 bits per heavy atom. The maximum absolute atomic E-state index is 12.9. The summed E-state index contributed by atoms with van der Waals surface area (Å²) in [5.74, 6) is 1.39. The van der Waals surface area contributed by atoms with Crippen molar-refractivity contribution in [2.75, 3.05) is 39.9 Å². The summed E-state index contributed by atoms with van der Waals surface area (Å²) >= 11 is 0. The van der Waals surface area contributed by atoms with Crippen LogP contribution in [0, 0.1) is 0 Å². The van der Waals surface area contributed by atoms with E-state index < -0.39 is 25.5 Å². The molecule has 214 valence electrons. The van der Waals surface area contributed by atoms with Crippen LogP contribution >= 0.6 is 0 Å². The highest BCUT2D eigenvalue weighted by atomic mass is 32.2. The molecule has 15 heteroatoms. The Hall–Kier alpha value is -4.05. The molecule has 0 amide bonds. The first-order valence-electron chi connectivity index (χ1n) is 11.4. The molecule has 2 heterocycles. The quantitative estimate of drug-likeness (QED) is 0.252. The molecule has 0 bridgehead atoms. The minimum absolute atomic E-state index is 0.0418. The number of aromatic amines is 1. The van der Waals surface area contributed by atoms with Gasteiger partial charge in [-0.3, -0.25) is 9.35 Å². The van der Waals surface area contributed by atoms with Crippen molar-refractivity contribution in [2.24, 2.45) is 0 Å². The Labute approximate surface area is 230 Å². The van der Waals surface area contributed by atoms with Crippen molar-refractivity contribution in [1.29, 1.82) is 0 Å². The molecular formula is C25H27N3O10S2. The minimum Gasteiger partial charge on any atom is -0.497 e. The van der Waals surface area contributed by atoms with E-state index in [1.165, 1.54) is 26.4 Å². The molecule has 0 fully saturated rings. The number of pyridine rings is 1. The van der Waals surface area contributed by atoms with E-state index >= 15 is 0 Å². The van der Waals surface area contributed by atoms with Crippen molar-refractivity contribution in [1.82, 2.24) is 15.0 Å². The number of H-pyrrole nitrogens is 1. The number of nitrogens with one attached hydrogen (secondary N) is 1. The van der Waals surface area contributed by atoms with Gasteiger partial charge in [-0.2, -0.15) is 8.42 Å². The zero-order valence-corrected chi connectivity index (χ0v) is 23.5. The van der Waals surface area contributed by atoms with Crippen LogP contribution in [0.4, 0.5) is 0 Å². The second kappa shape index (κ2) is 12.4. The van der Waals surface area contributed by atoms with Gasteiger partial charge in [0, 0.05) is 24.0 Å². The molecule has 0 aliphatic heterocycles. The van der Waals surface area contributed by atoms with E-state index in [2.05, 4.69) is 15.0 Å². The van der Waals surface area contributed by atoms with Crippen LogP contribution in [0.1, 0.15) is 0 Å². The fourth-order valence-corrected chi connectivity index (χ4v) is 4.16. The molecular weight excluding hydrogens is 566 g/mol. The van der Waals surface area contributed by atoms with Crippen LogP contribution in [0.2, 0.25) is 0 Å². The Kier molecular flexibility index (Phi) is 9.47. The largest absolute Gasteiger partial charge is 0.497 e. The van der Waals surface area contributed by atoms with Gasteiger partial charge >= 0.3 is 0 Å².